The summed E-state index contributed by atoms with van der Waals surface area (Å²) in [6.07, 6.45) is 17.8. The van der Waals surface area contributed by atoms with E-state index >= 15 is 0 Å². The Kier molecular flexibility index (Phi) is 13.4. The molecule has 0 aliphatic heterocycles. The second kappa shape index (κ2) is 14.9. The summed E-state index contributed by atoms with van der Waals surface area (Å²) < 4.78 is 0. The van der Waals surface area contributed by atoms with Crippen LogP contribution >= 0.6 is 0 Å². The van der Waals surface area contributed by atoms with Crippen LogP contribution < -0.4 is 0 Å². The lowest BCUT2D eigenvalue weighted by Crippen LogP contribution is -2.30. The quantitative estimate of drug-likeness (QED) is 0.378. The minimum Gasteiger partial charge on any atom is -0.335 e. The molecule has 0 aliphatic carbocycles. The van der Waals surface area contributed by atoms with E-state index in [2.05, 4.69) is 19.7 Å². The SMILES string of the molecule is C=CCN(C/C=C/C/C=C/CN(CC/C=C\C)C(=O)C=C)C(=O)C=C. The molecule has 4 nitrogen and oxygen atoms in total. The average molecular weight is 342 g/mol. The molecule has 0 aromatic heterocycles. The van der Waals surface area contributed by atoms with Crippen LogP contribution in [0.1, 0.15) is 19.8 Å². The van der Waals surface area contributed by atoms with E-state index in [-0.39, 0.29) is 11.8 Å². The lowest BCUT2D eigenvalue weighted by Gasteiger charge is -2.18. The second-order valence-corrected chi connectivity index (χ2v) is 5.26. The predicted molar refractivity (Wildman–Crippen MR) is 106 cm³/mol. The zero-order valence-electron chi connectivity index (χ0n) is 15.3. The number of amides is 2. The van der Waals surface area contributed by atoms with Crippen molar-refractivity contribution in [3.05, 3.63) is 74.4 Å². The smallest absolute Gasteiger partial charge is 0.246 e. The van der Waals surface area contributed by atoms with Gasteiger partial charge in [-0.15, -0.1) is 6.58 Å². The summed E-state index contributed by atoms with van der Waals surface area (Å²) in [5.74, 6) is -0.174. The lowest BCUT2D eigenvalue weighted by atomic mass is 10.3. The maximum Gasteiger partial charge on any atom is 0.246 e. The van der Waals surface area contributed by atoms with Crippen molar-refractivity contribution in [1.29, 1.82) is 0 Å². The minimum absolute atomic E-state index is 0.0623. The highest BCUT2D eigenvalue weighted by molar-refractivity contribution is 5.87. The molecule has 2 amide bonds. The maximum absolute atomic E-state index is 11.8. The van der Waals surface area contributed by atoms with Crippen LogP contribution in [0, 0.1) is 0 Å². The molecular weight excluding hydrogens is 312 g/mol. The summed E-state index contributed by atoms with van der Waals surface area (Å²) in [5.41, 5.74) is 0. The molecule has 136 valence electrons. The summed E-state index contributed by atoms with van der Waals surface area (Å²) in [4.78, 5) is 26.8. The van der Waals surface area contributed by atoms with E-state index in [1.807, 2.05) is 43.4 Å². The van der Waals surface area contributed by atoms with Crippen LogP contribution in [0.5, 0.6) is 0 Å². The highest BCUT2D eigenvalue weighted by atomic mass is 16.2. The van der Waals surface area contributed by atoms with Crippen molar-refractivity contribution >= 4 is 11.8 Å². The van der Waals surface area contributed by atoms with E-state index in [1.54, 1.807) is 15.9 Å². The highest BCUT2D eigenvalue weighted by Crippen LogP contribution is 1.98. The summed E-state index contributed by atoms with van der Waals surface area (Å²) in [6, 6.07) is 0. The van der Waals surface area contributed by atoms with Crippen LogP contribution in [0.3, 0.4) is 0 Å². The Labute approximate surface area is 152 Å². The number of rotatable bonds is 13. The molecular formula is C21H30N2O2. The van der Waals surface area contributed by atoms with Gasteiger partial charge in [0.15, 0.2) is 0 Å². The van der Waals surface area contributed by atoms with E-state index < -0.39 is 0 Å². The van der Waals surface area contributed by atoms with Gasteiger partial charge in [0.05, 0.1) is 0 Å². The summed E-state index contributed by atoms with van der Waals surface area (Å²) >= 11 is 0. The third-order valence-electron chi connectivity index (χ3n) is 3.38. The van der Waals surface area contributed by atoms with Gasteiger partial charge in [0.2, 0.25) is 11.8 Å². The molecule has 0 aromatic carbocycles. The monoisotopic (exact) mass is 342 g/mol. The Morgan fingerprint density at radius 3 is 1.88 bits per heavy atom. The van der Waals surface area contributed by atoms with Crippen molar-refractivity contribution in [2.75, 3.05) is 26.2 Å². The topological polar surface area (TPSA) is 40.6 Å². The zero-order chi connectivity index (χ0) is 18.9. The van der Waals surface area contributed by atoms with Crippen molar-refractivity contribution < 1.29 is 9.59 Å². The normalized spacial score (nSPS) is 11.1. The summed E-state index contributed by atoms with van der Waals surface area (Å²) in [6.45, 7) is 14.9. The van der Waals surface area contributed by atoms with Crippen LogP contribution in [0.15, 0.2) is 74.4 Å². The number of nitrogens with zero attached hydrogens (tertiary/aromatic N) is 2. The fourth-order valence-electron chi connectivity index (χ4n) is 2.03. The van der Waals surface area contributed by atoms with Crippen molar-refractivity contribution in [3.8, 4) is 0 Å². The number of hydrogen-bond donors (Lipinski definition) is 0. The third-order valence-corrected chi connectivity index (χ3v) is 3.38. The third kappa shape index (κ3) is 10.7. The highest BCUT2D eigenvalue weighted by Gasteiger charge is 2.06. The van der Waals surface area contributed by atoms with E-state index in [4.69, 9.17) is 0 Å². The van der Waals surface area contributed by atoms with Gasteiger partial charge in [-0.25, -0.2) is 0 Å². The van der Waals surface area contributed by atoms with Crippen LogP contribution in [0.4, 0.5) is 0 Å². The standard InChI is InChI=1S/C21H30N2O2/c1-5-9-13-17-23(21(25)8-4)19-15-12-10-11-14-18-22(16-6-2)20(24)7-3/h5-9,11-12,14-15H,2-4,10,13,16-19H2,1H3/b9-5-,14-11+,15-12+. The van der Waals surface area contributed by atoms with Gasteiger partial charge in [-0.3, -0.25) is 9.59 Å². The molecule has 0 atom stereocenters. The van der Waals surface area contributed by atoms with E-state index in [1.165, 1.54) is 12.2 Å². The molecule has 0 heterocycles. The van der Waals surface area contributed by atoms with Gasteiger partial charge < -0.3 is 9.80 Å². The van der Waals surface area contributed by atoms with Gasteiger partial charge in [-0.1, -0.05) is 55.7 Å². The molecule has 25 heavy (non-hydrogen) atoms. The molecule has 0 unspecified atom stereocenters. The number of allylic oxidation sites excluding steroid dienone is 3. The first-order valence-corrected chi connectivity index (χ1v) is 8.45. The largest absolute Gasteiger partial charge is 0.335 e. The summed E-state index contributed by atoms with van der Waals surface area (Å²) in [7, 11) is 0. The van der Waals surface area contributed by atoms with Crippen LogP contribution in [-0.2, 0) is 9.59 Å². The molecule has 0 rings (SSSR count). The maximum atomic E-state index is 11.8. The van der Waals surface area contributed by atoms with Crippen molar-refractivity contribution in [2.45, 2.75) is 19.8 Å². The van der Waals surface area contributed by atoms with Gasteiger partial charge in [0.25, 0.3) is 0 Å². The molecule has 0 fully saturated rings. The second-order valence-electron chi connectivity index (χ2n) is 5.26. The van der Waals surface area contributed by atoms with Gasteiger partial charge >= 0.3 is 0 Å². The van der Waals surface area contributed by atoms with Crippen molar-refractivity contribution in [1.82, 2.24) is 9.80 Å². The Morgan fingerprint density at radius 1 is 0.800 bits per heavy atom. The molecule has 4 heteroatoms. The Bertz CT molecular complexity index is 530. The number of carbonyl (C=O) groups excluding carboxylic acids is 2. The fourth-order valence-corrected chi connectivity index (χ4v) is 2.03. The van der Waals surface area contributed by atoms with E-state index in [0.717, 1.165) is 12.8 Å². The molecule has 0 bridgehead atoms. The first-order valence-electron chi connectivity index (χ1n) is 8.45. The van der Waals surface area contributed by atoms with E-state index in [0.29, 0.717) is 26.2 Å². The van der Waals surface area contributed by atoms with Crippen LogP contribution in [-0.4, -0.2) is 47.8 Å². The molecule has 0 radical (unpaired) electrons. The summed E-state index contributed by atoms with van der Waals surface area (Å²) in [5, 5.41) is 0. The van der Waals surface area contributed by atoms with Gasteiger partial charge in [-0.2, -0.15) is 0 Å². The Balaban J connectivity index is 4.32. The number of hydrogen-bond acceptors (Lipinski definition) is 2. The molecule has 0 N–H and O–H groups in total. The fraction of sp³-hybridized carbons (Fsp3) is 0.333. The first-order chi connectivity index (χ1) is 12.1. The number of carbonyl (C=O) groups is 2. The van der Waals surface area contributed by atoms with Gasteiger partial charge in [0, 0.05) is 26.2 Å². The Hall–Kier alpha value is -2.62. The van der Waals surface area contributed by atoms with Crippen molar-refractivity contribution in [2.24, 2.45) is 0 Å². The zero-order valence-corrected chi connectivity index (χ0v) is 15.3. The average Bonchev–Trinajstić information content (AvgIpc) is 2.63. The molecule has 0 aliphatic rings. The first kappa shape index (κ1) is 22.4. The minimum atomic E-state index is -0.111. The van der Waals surface area contributed by atoms with Gasteiger partial charge in [-0.05, 0) is 31.9 Å². The lowest BCUT2D eigenvalue weighted by molar-refractivity contribution is -0.126. The Morgan fingerprint density at radius 2 is 1.36 bits per heavy atom. The van der Waals surface area contributed by atoms with Crippen LogP contribution in [0.2, 0.25) is 0 Å². The predicted octanol–water partition coefficient (Wildman–Crippen LogP) is 3.67. The van der Waals surface area contributed by atoms with Gasteiger partial charge in [0.1, 0.15) is 0 Å². The van der Waals surface area contributed by atoms with Crippen molar-refractivity contribution in [3.63, 3.8) is 0 Å². The van der Waals surface area contributed by atoms with Crippen LogP contribution in [0.25, 0.3) is 0 Å². The molecule has 0 saturated carbocycles. The molecule has 0 aromatic rings. The van der Waals surface area contributed by atoms with E-state index in [9.17, 15) is 9.59 Å². The molecule has 0 spiro atoms. The molecule has 0 saturated heterocycles.